The Morgan fingerprint density at radius 3 is 1.79 bits per heavy atom. The predicted molar refractivity (Wildman–Crippen MR) is 115 cm³/mol. The van der Waals surface area contributed by atoms with Gasteiger partial charge in [0.15, 0.2) is 0 Å². The Morgan fingerprint density at radius 1 is 0.853 bits per heavy atom. The second-order valence-corrected chi connectivity index (χ2v) is 8.60. The van der Waals surface area contributed by atoms with E-state index >= 15 is 0 Å². The summed E-state index contributed by atoms with van der Waals surface area (Å²) in [6.07, 6.45) is -7.31. The molecule has 186 valence electrons. The average molecular weight is 487 g/mol. The molecular formula is C25H27F6NO2. The molecule has 2 aromatic rings. The van der Waals surface area contributed by atoms with Gasteiger partial charge < -0.3 is 9.64 Å². The molecule has 1 saturated heterocycles. The first-order valence-electron chi connectivity index (χ1n) is 11.2. The number of rotatable bonds is 7. The molecule has 3 rings (SSSR count). The summed E-state index contributed by atoms with van der Waals surface area (Å²) < 4.78 is 82.6. The van der Waals surface area contributed by atoms with Crippen molar-refractivity contribution in [1.82, 2.24) is 4.90 Å². The van der Waals surface area contributed by atoms with Crippen LogP contribution in [0.3, 0.4) is 0 Å². The maximum Gasteiger partial charge on any atom is 0.416 e. The van der Waals surface area contributed by atoms with Crippen LogP contribution in [0.25, 0.3) is 0 Å². The predicted octanol–water partition coefficient (Wildman–Crippen LogP) is 6.71. The van der Waals surface area contributed by atoms with E-state index in [1.807, 2.05) is 13.8 Å². The van der Waals surface area contributed by atoms with Crippen molar-refractivity contribution in [3.8, 4) is 5.75 Å². The summed E-state index contributed by atoms with van der Waals surface area (Å²) in [6, 6.07) is 9.24. The van der Waals surface area contributed by atoms with Gasteiger partial charge in [-0.1, -0.05) is 26.0 Å². The van der Waals surface area contributed by atoms with Crippen LogP contribution in [-0.4, -0.2) is 30.5 Å². The average Bonchev–Trinajstić information content (AvgIpc) is 3.27. The molecule has 0 aliphatic carbocycles. The highest BCUT2D eigenvalue weighted by Crippen LogP contribution is 2.38. The smallest absolute Gasteiger partial charge is 0.416 e. The first kappa shape index (κ1) is 25.9. The van der Waals surface area contributed by atoms with Gasteiger partial charge in [0.05, 0.1) is 23.1 Å². The monoisotopic (exact) mass is 487 g/mol. The van der Waals surface area contributed by atoms with E-state index in [2.05, 4.69) is 0 Å². The molecule has 0 aromatic heterocycles. The molecule has 0 N–H and O–H groups in total. The van der Waals surface area contributed by atoms with Gasteiger partial charge in [0.2, 0.25) is 5.91 Å². The molecule has 3 nitrogen and oxygen atoms in total. The Morgan fingerprint density at radius 2 is 1.32 bits per heavy atom. The minimum Gasteiger partial charge on any atom is -0.493 e. The third kappa shape index (κ3) is 5.50. The Labute approximate surface area is 194 Å². The molecule has 0 saturated carbocycles. The number of amides is 1. The minimum atomic E-state index is -4.45. The van der Waals surface area contributed by atoms with E-state index < -0.39 is 28.9 Å². The highest BCUT2D eigenvalue weighted by molar-refractivity contribution is 5.88. The Bertz CT molecular complexity index is 963. The van der Waals surface area contributed by atoms with Crippen LogP contribution in [0.15, 0.2) is 48.5 Å². The number of alkyl halides is 6. The first-order valence-corrected chi connectivity index (χ1v) is 11.2. The van der Waals surface area contributed by atoms with Crippen LogP contribution >= 0.6 is 0 Å². The van der Waals surface area contributed by atoms with Gasteiger partial charge in [0, 0.05) is 19.0 Å². The topological polar surface area (TPSA) is 29.5 Å². The van der Waals surface area contributed by atoms with E-state index in [-0.39, 0.29) is 18.4 Å². The highest BCUT2D eigenvalue weighted by atomic mass is 19.4. The molecule has 0 spiro atoms. The third-order valence-corrected chi connectivity index (χ3v) is 6.62. The van der Waals surface area contributed by atoms with Crippen molar-refractivity contribution in [3.63, 3.8) is 0 Å². The molecule has 1 amide bonds. The Balaban J connectivity index is 1.65. The number of nitrogens with zero attached hydrogens (tertiary/aromatic N) is 1. The first-order chi connectivity index (χ1) is 15.9. The van der Waals surface area contributed by atoms with Crippen molar-refractivity contribution in [2.24, 2.45) is 5.92 Å². The fourth-order valence-corrected chi connectivity index (χ4v) is 4.47. The zero-order chi connectivity index (χ0) is 25.1. The summed E-state index contributed by atoms with van der Waals surface area (Å²) in [7, 11) is 0. The summed E-state index contributed by atoms with van der Waals surface area (Å²) in [5.41, 5.74) is -1.88. The fraction of sp³-hybridized carbons (Fsp3) is 0.480. The van der Waals surface area contributed by atoms with Crippen LogP contribution in [-0.2, 0) is 22.6 Å². The minimum absolute atomic E-state index is 0.00487. The second kappa shape index (κ2) is 9.88. The van der Waals surface area contributed by atoms with Crippen molar-refractivity contribution in [2.75, 3.05) is 19.7 Å². The van der Waals surface area contributed by atoms with Gasteiger partial charge in [-0.15, -0.1) is 0 Å². The van der Waals surface area contributed by atoms with E-state index in [1.54, 1.807) is 4.90 Å². The summed E-state index contributed by atoms with van der Waals surface area (Å²) in [5.74, 6) is 0.193. The van der Waals surface area contributed by atoms with Gasteiger partial charge in [-0.3, -0.25) is 4.79 Å². The van der Waals surface area contributed by atoms with Crippen molar-refractivity contribution >= 4 is 5.91 Å². The van der Waals surface area contributed by atoms with Crippen LogP contribution in [0, 0.1) is 5.92 Å². The lowest BCUT2D eigenvalue weighted by atomic mass is 9.74. The molecule has 0 radical (unpaired) electrons. The summed E-state index contributed by atoms with van der Waals surface area (Å²) >= 11 is 0. The molecule has 1 aliphatic rings. The quantitative estimate of drug-likeness (QED) is 0.407. The lowest BCUT2D eigenvalue weighted by Gasteiger charge is -2.35. The van der Waals surface area contributed by atoms with E-state index in [0.717, 1.165) is 24.3 Å². The second-order valence-electron chi connectivity index (χ2n) is 8.60. The summed E-state index contributed by atoms with van der Waals surface area (Å²) in [5, 5.41) is 0. The number of ether oxygens (including phenoxy) is 1. The molecule has 2 aromatic carbocycles. The molecule has 1 atom stereocenters. The summed E-state index contributed by atoms with van der Waals surface area (Å²) in [4.78, 5) is 15.2. The van der Waals surface area contributed by atoms with Crippen LogP contribution in [0.5, 0.6) is 5.75 Å². The van der Waals surface area contributed by atoms with E-state index in [9.17, 15) is 31.1 Å². The van der Waals surface area contributed by atoms with Crippen LogP contribution in [0.1, 0.15) is 49.8 Å². The molecular weight excluding hydrogens is 460 g/mol. The Kier molecular flexibility index (Phi) is 7.53. The van der Waals surface area contributed by atoms with Gasteiger partial charge in [-0.05, 0) is 61.2 Å². The largest absolute Gasteiger partial charge is 0.493 e. The van der Waals surface area contributed by atoms with E-state index in [4.69, 9.17) is 4.74 Å². The van der Waals surface area contributed by atoms with Gasteiger partial charge in [0.25, 0.3) is 0 Å². The molecule has 34 heavy (non-hydrogen) atoms. The van der Waals surface area contributed by atoms with Gasteiger partial charge in [-0.25, -0.2) is 0 Å². The SMILES string of the molecule is CCC(CC)(C(=O)N1CCC(COc2ccc(C(F)(F)F)cc2)C1)c1ccc(C(F)(F)F)cc1. The van der Waals surface area contributed by atoms with E-state index in [0.29, 0.717) is 43.7 Å². The number of halogens is 6. The van der Waals surface area contributed by atoms with Crippen molar-refractivity contribution in [3.05, 3.63) is 65.2 Å². The summed E-state index contributed by atoms with van der Waals surface area (Å²) in [6.45, 7) is 4.85. The zero-order valence-corrected chi connectivity index (χ0v) is 19.0. The van der Waals surface area contributed by atoms with Crippen molar-refractivity contribution in [1.29, 1.82) is 0 Å². The molecule has 0 bridgehead atoms. The lowest BCUT2D eigenvalue weighted by molar-refractivity contribution is -0.138. The van der Waals surface area contributed by atoms with Crippen LogP contribution in [0.4, 0.5) is 26.3 Å². The lowest BCUT2D eigenvalue weighted by Crippen LogP contribution is -2.45. The molecule has 1 fully saturated rings. The molecule has 9 heteroatoms. The third-order valence-electron chi connectivity index (χ3n) is 6.62. The maximum atomic E-state index is 13.5. The number of hydrogen-bond donors (Lipinski definition) is 0. The molecule has 1 heterocycles. The fourth-order valence-electron chi connectivity index (χ4n) is 4.47. The zero-order valence-electron chi connectivity index (χ0n) is 19.0. The number of carbonyl (C=O) groups excluding carboxylic acids is 1. The van der Waals surface area contributed by atoms with Gasteiger partial charge in [-0.2, -0.15) is 26.3 Å². The van der Waals surface area contributed by atoms with Gasteiger partial charge in [0.1, 0.15) is 5.75 Å². The number of benzene rings is 2. The molecule has 1 unspecified atom stereocenters. The number of likely N-dealkylation sites (tertiary alicyclic amines) is 1. The van der Waals surface area contributed by atoms with E-state index in [1.165, 1.54) is 24.3 Å². The number of hydrogen-bond acceptors (Lipinski definition) is 2. The maximum absolute atomic E-state index is 13.5. The molecule has 1 aliphatic heterocycles. The normalized spacial score (nSPS) is 17.2. The van der Waals surface area contributed by atoms with Crippen molar-refractivity contribution in [2.45, 2.75) is 50.9 Å². The van der Waals surface area contributed by atoms with Gasteiger partial charge >= 0.3 is 12.4 Å². The van der Waals surface area contributed by atoms with Crippen LogP contribution < -0.4 is 4.74 Å². The standard InChI is InChI=1S/C25H27F6NO2/c1-3-23(4-2,18-5-7-19(8-6-18)24(26,27)28)22(33)32-14-13-17(15-32)16-34-21-11-9-20(10-12-21)25(29,30)31/h5-12,17H,3-4,13-16H2,1-2H3. The number of carbonyl (C=O) groups is 1. The van der Waals surface area contributed by atoms with Crippen molar-refractivity contribution < 1.29 is 35.9 Å². The highest BCUT2D eigenvalue weighted by Gasteiger charge is 2.42. The van der Waals surface area contributed by atoms with Crippen LogP contribution in [0.2, 0.25) is 0 Å². The Hall–Kier alpha value is -2.71.